The van der Waals surface area contributed by atoms with Crippen LogP contribution in [0.4, 0.5) is 0 Å². The molecule has 2 aliphatic rings. The molecule has 2 bridgehead atoms. The second-order valence-electron chi connectivity index (χ2n) is 6.64. The van der Waals surface area contributed by atoms with Crippen LogP contribution in [0.2, 0.25) is 0 Å². The van der Waals surface area contributed by atoms with E-state index in [2.05, 4.69) is 0 Å². The predicted octanol–water partition coefficient (Wildman–Crippen LogP) is 2.96. The molecule has 0 heterocycles. The van der Waals surface area contributed by atoms with Gasteiger partial charge in [0.15, 0.2) is 0 Å². The fourth-order valence-corrected chi connectivity index (χ4v) is 3.92. The molecule has 1 aromatic rings. The summed E-state index contributed by atoms with van der Waals surface area (Å²) in [6.45, 7) is -0.146. The van der Waals surface area contributed by atoms with Gasteiger partial charge >= 0.3 is 5.97 Å². The van der Waals surface area contributed by atoms with Crippen LogP contribution in [0.25, 0.3) is 0 Å². The number of hydrogen-bond donors (Lipinski definition) is 1. The number of benzene rings is 1. The number of carbonyl (C=O) groups is 1. The monoisotopic (exact) mass is 288 g/mol. The highest BCUT2D eigenvalue weighted by Crippen LogP contribution is 2.43. The highest BCUT2D eigenvalue weighted by molar-refractivity contribution is 5.73. The minimum atomic E-state index is -0.438. The highest BCUT2D eigenvalue weighted by atomic mass is 16.5. The molecular formula is C18H24O3. The number of rotatable bonds is 5. The summed E-state index contributed by atoms with van der Waals surface area (Å²) >= 11 is 0. The van der Waals surface area contributed by atoms with Crippen LogP contribution >= 0.6 is 0 Å². The van der Waals surface area contributed by atoms with Crippen molar-refractivity contribution in [2.24, 2.45) is 17.8 Å². The molecule has 21 heavy (non-hydrogen) atoms. The molecule has 2 aliphatic carbocycles. The molecule has 0 radical (unpaired) electrons. The molecule has 2 saturated carbocycles. The molecule has 0 aromatic heterocycles. The van der Waals surface area contributed by atoms with E-state index >= 15 is 0 Å². The van der Waals surface area contributed by atoms with Gasteiger partial charge in [0.2, 0.25) is 0 Å². The molecule has 2 fully saturated rings. The van der Waals surface area contributed by atoms with Crippen LogP contribution in [0.5, 0.6) is 0 Å². The molecule has 3 atom stereocenters. The first-order valence-electron chi connectivity index (χ1n) is 8.10. The Balaban J connectivity index is 1.55. The van der Waals surface area contributed by atoms with Crippen LogP contribution in [0.15, 0.2) is 30.3 Å². The molecule has 3 rings (SSSR count). The third kappa shape index (κ3) is 3.65. The van der Waals surface area contributed by atoms with Crippen molar-refractivity contribution in [3.63, 3.8) is 0 Å². The van der Waals surface area contributed by atoms with Gasteiger partial charge in [0.05, 0.1) is 12.5 Å². The maximum Gasteiger partial charge on any atom is 0.311 e. The smallest absolute Gasteiger partial charge is 0.311 e. The van der Waals surface area contributed by atoms with Gasteiger partial charge in [0.1, 0.15) is 6.10 Å². The maximum atomic E-state index is 12.3. The molecule has 1 N–H and O–H groups in total. The molecule has 0 spiro atoms. The topological polar surface area (TPSA) is 46.5 Å². The van der Waals surface area contributed by atoms with Crippen LogP contribution in [0.1, 0.15) is 37.7 Å². The lowest BCUT2D eigenvalue weighted by Crippen LogP contribution is -2.31. The van der Waals surface area contributed by atoms with Crippen LogP contribution in [-0.4, -0.2) is 23.8 Å². The molecule has 3 nitrogen and oxygen atoms in total. The number of aliphatic hydroxyl groups is 1. The van der Waals surface area contributed by atoms with Gasteiger partial charge in [-0.05, 0) is 43.1 Å². The van der Waals surface area contributed by atoms with E-state index in [4.69, 9.17) is 4.74 Å². The Bertz CT molecular complexity index is 459. The summed E-state index contributed by atoms with van der Waals surface area (Å²) in [5, 5.41) is 9.50. The Kier molecular flexibility index (Phi) is 4.59. The van der Waals surface area contributed by atoms with Gasteiger partial charge in [0, 0.05) is 0 Å². The summed E-state index contributed by atoms with van der Waals surface area (Å²) in [5.41, 5.74) is 1.07. The molecule has 3 unspecified atom stereocenters. The van der Waals surface area contributed by atoms with Gasteiger partial charge in [-0.1, -0.05) is 43.2 Å². The molecule has 0 amide bonds. The van der Waals surface area contributed by atoms with Gasteiger partial charge < -0.3 is 9.84 Å². The number of ether oxygens (including phenoxy) is 1. The first kappa shape index (κ1) is 14.6. The van der Waals surface area contributed by atoms with E-state index in [1.807, 2.05) is 30.3 Å². The molecule has 0 aliphatic heterocycles. The Morgan fingerprint density at radius 1 is 1.14 bits per heavy atom. The number of fused-ring (bicyclic) bond motifs is 2. The van der Waals surface area contributed by atoms with E-state index in [0.29, 0.717) is 6.42 Å². The average Bonchev–Trinajstić information content (AvgIpc) is 2.84. The number of hydrogen-bond acceptors (Lipinski definition) is 3. The van der Waals surface area contributed by atoms with E-state index in [-0.39, 0.29) is 18.7 Å². The summed E-state index contributed by atoms with van der Waals surface area (Å²) in [7, 11) is 0. The van der Waals surface area contributed by atoms with E-state index < -0.39 is 5.92 Å². The second-order valence-corrected chi connectivity index (χ2v) is 6.64. The van der Waals surface area contributed by atoms with Crippen molar-refractivity contribution in [2.45, 2.75) is 44.6 Å². The van der Waals surface area contributed by atoms with Crippen molar-refractivity contribution < 1.29 is 14.6 Å². The van der Waals surface area contributed by atoms with Crippen LogP contribution in [0, 0.1) is 17.8 Å². The molecular weight excluding hydrogens is 264 g/mol. The summed E-state index contributed by atoms with van der Waals surface area (Å²) in [4.78, 5) is 12.3. The molecule has 114 valence electrons. The summed E-state index contributed by atoms with van der Waals surface area (Å²) in [5.74, 6) is 0.839. The maximum absolute atomic E-state index is 12.3. The van der Waals surface area contributed by atoms with Crippen molar-refractivity contribution in [1.82, 2.24) is 0 Å². The highest BCUT2D eigenvalue weighted by Gasteiger charge is 2.36. The minimum absolute atomic E-state index is 0.0774. The van der Waals surface area contributed by atoms with Gasteiger partial charge in [-0.15, -0.1) is 0 Å². The number of carbonyl (C=O) groups excluding carboxylic acids is 1. The lowest BCUT2D eigenvalue weighted by atomic mass is 9.87. The Morgan fingerprint density at radius 3 is 2.43 bits per heavy atom. The number of aliphatic hydroxyl groups excluding tert-OH is 1. The summed E-state index contributed by atoms with van der Waals surface area (Å²) in [6, 6.07) is 9.82. The Hall–Kier alpha value is -1.35. The van der Waals surface area contributed by atoms with Crippen LogP contribution < -0.4 is 0 Å². The lowest BCUT2D eigenvalue weighted by molar-refractivity contribution is -0.157. The summed E-state index contributed by atoms with van der Waals surface area (Å²) in [6.07, 6.45) is 6.58. The van der Waals surface area contributed by atoms with E-state index in [1.54, 1.807) is 0 Å². The van der Waals surface area contributed by atoms with E-state index in [1.165, 1.54) is 19.3 Å². The zero-order chi connectivity index (χ0) is 14.7. The zero-order valence-corrected chi connectivity index (χ0v) is 12.4. The Labute approximate surface area is 126 Å². The first-order chi connectivity index (χ1) is 10.2. The molecule has 3 heteroatoms. The standard InChI is InChI=1S/C18H24O3/c19-12-16(9-13-4-2-1-3-5-13)18(20)21-17-10-14-6-7-15(8-14)11-17/h1-5,14-17,19H,6-12H2. The van der Waals surface area contributed by atoms with E-state index in [9.17, 15) is 9.90 Å². The van der Waals surface area contributed by atoms with Crippen molar-refractivity contribution in [1.29, 1.82) is 0 Å². The van der Waals surface area contributed by atoms with Gasteiger partial charge in [-0.3, -0.25) is 4.79 Å². The minimum Gasteiger partial charge on any atom is -0.462 e. The Morgan fingerprint density at radius 2 is 1.81 bits per heavy atom. The predicted molar refractivity (Wildman–Crippen MR) is 80.7 cm³/mol. The average molecular weight is 288 g/mol. The van der Waals surface area contributed by atoms with Crippen LogP contribution in [-0.2, 0) is 16.0 Å². The van der Waals surface area contributed by atoms with Gasteiger partial charge in [-0.2, -0.15) is 0 Å². The lowest BCUT2D eigenvalue weighted by Gasteiger charge is -2.28. The fourth-order valence-electron chi connectivity index (χ4n) is 3.92. The second kappa shape index (κ2) is 6.61. The van der Waals surface area contributed by atoms with Crippen molar-refractivity contribution in [2.75, 3.05) is 6.61 Å². The zero-order valence-electron chi connectivity index (χ0n) is 12.4. The summed E-state index contributed by atoms with van der Waals surface area (Å²) < 4.78 is 5.70. The third-order valence-electron chi connectivity index (χ3n) is 5.00. The van der Waals surface area contributed by atoms with Crippen molar-refractivity contribution in [3.8, 4) is 0 Å². The third-order valence-corrected chi connectivity index (χ3v) is 5.00. The molecule has 1 aromatic carbocycles. The normalized spacial score (nSPS) is 29.1. The van der Waals surface area contributed by atoms with E-state index in [0.717, 1.165) is 30.2 Å². The first-order valence-corrected chi connectivity index (χ1v) is 8.10. The number of esters is 1. The SMILES string of the molecule is O=C(OC1CC2CCC(C2)C1)C(CO)Cc1ccccc1. The van der Waals surface area contributed by atoms with Crippen LogP contribution in [0.3, 0.4) is 0 Å². The van der Waals surface area contributed by atoms with Crippen molar-refractivity contribution in [3.05, 3.63) is 35.9 Å². The van der Waals surface area contributed by atoms with Gasteiger partial charge in [0.25, 0.3) is 0 Å². The van der Waals surface area contributed by atoms with Gasteiger partial charge in [-0.25, -0.2) is 0 Å². The molecule has 0 saturated heterocycles. The van der Waals surface area contributed by atoms with Crippen molar-refractivity contribution >= 4 is 5.97 Å². The fraction of sp³-hybridized carbons (Fsp3) is 0.611. The largest absolute Gasteiger partial charge is 0.462 e. The quantitative estimate of drug-likeness (QED) is 0.847.